The molecular formula is C16H25ClN4OS. The number of halogens is 1. The van der Waals surface area contributed by atoms with Gasteiger partial charge < -0.3 is 15.3 Å². The van der Waals surface area contributed by atoms with Crippen LogP contribution in [-0.2, 0) is 6.54 Å². The highest BCUT2D eigenvalue weighted by Gasteiger charge is 2.34. The highest BCUT2D eigenvalue weighted by Crippen LogP contribution is 2.30. The van der Waals surface area contributed by atoms with Crippen molar-refractivity contribution in [3.8, 4) is 0 Å². The van der Waals surface area contributed by atoms with Crippen LogP contribution < -0.4 is 5.32 Å². The molecule has 1 aliphatic heterocycles. The summed E-state index contributed by atoms with van der Waals surface area (Å²) in [6, 6.07) is 4.08. The van der Waals surface area contributed by atoms with Crippen molar-refractivity contribution in [3.05, 3.63) is 21.3 Å². The molecule has 0 radical (unpaired) electrons. The molecule has 1 aromatic heterocycles. The molecule has 128 valence electrons. The van der Waals surface area contributed by atoms with Gasteiger partial charge in [-0.2, -0.15) is 0 Å². The van der Waals surface area contributed by atoms with Gasteiger partial charge in [0.2, 0.25) is 0 Å². The van der Waals surface area contributed by atoms with Crippen molar-refractivity contribution in [1.29, 1.82) is 0 Å². The Hall–Kier alpha value is -0.820. The fourth-order valence-electron chi connectivity index (χ4n) is 3.11. The van der Waals surface area contributed by atoms with Crippen molar-refractivity contribution in [1.82, 2.24) is 15.1 Å². The van der Waals surface area contributed by atoms with Gasteiger partial charge in [-0.25, -0.2) is 0 Å². The smallest absolute Gasteiger partial charge is 0.193 e. The topological polar surface area (TPSA) is 51.1 Å². The van der Waals surface area contributed by atoms with Crippen molar-refractivity contribution in [3.63, 3.8) is 0 Å². The zero-order chi connectivity index (χ0) is 16.3. The van der Waals surface area contributed by atoms with E-state index in [0.29, 0.717) is 6.54 Å². The van der Waals surface area contributed by atoms with Crippen LogP contribution in [0.1, 0.15) is 24.1 Å². The highest BCUT2D eigenvalue weighted by atomic mass is 35.5. The molecule has 2 fully saturated rings. The summed E-state index contributed by atoms with van der Waals surface area (Å²) in [5.74, 6) is 0.907. The van der Waals surface area contributed by atoms with E-state index < -0.39 is 5.60 Å². The molecule has 3 rings (SSSR count). The van der Waals surface area contributed by atoms with Crippen molar-refractivity contribution < 1.29 is 5.11 Å². The molecule has 1 saturated heterocycles. The Morgan fingerprint density at radius 2 is 2.09 bits per heavy atom. The van der Waals surface area contributed by atoms with Crippen molar-refractivity contribution in [2.45, 2.75) is 31.4 Å². The van der Waals surface area contributed by atoms with Crippen molar-refractivity contribution in [2.75, 3.05) is 39.8 Å². The zero-order valence-corrected chi connectivity index (χ0v) is 15.2. The molecule has 0 amide bonds. The van der Waals surface area contributed by atoms with Crippen molar-refractivity contribution in [2.24, 2.45) is 4.99 Å². The maximum absolute atomic E-state index is 10.2. The number of aliphatic imine (C=N–C) groups is 1. The van der Waals surface area contributed by atoms with Gasteiger partial charge in [0, 0.05) is 51.2 Å². The van der Waals surface area contributed by atoms with E-state index >= 15 is 0 Å². The second-order valence-corrected chi connectivity index (χ2v) is 8.25. The lowest BCUT2D eigenvalue weighted by Crippen LogP contribution is -2.55. The fourth-order valence-corrected chi connectivity index (χ4v) is 4.24. The third-order valence-electron chi connectivity index (χ3n) is 4.75. The molecule has 23 heavy (non-hydrogen) atoms. The number of hydrogen-bond donors (Lipinski definition) is 2. The van der Waals surface area contributed by atoms with Crippen molar-refractivity contribution >= 4 is 28.9 Å². The summed E-state index contributed by atoms with van der Waals surface area (Å²) in [6.07, 6.45) is 2.92. The zero-order valence-electron chi connectivity index (χ0n) is 13.6. The van der Waals surface area contributed by atoms with E-state index in [1.165, 1.54) is 4.88 Å². The van der Waals surface area contributed by atoms with Gasteiger partial charge in [0.1, 0.15) is 0 Å². The highest BCUT2D eigenvalue weighted by molar-refractivity contribution is 7.16. The summed E-state index contributed by atoms with van der Waals surface area (Å²) in [6.45, 7) is 5.51. The van der Waals surface area contributed by atoms with Crippen LogP contribution in [-0.4, -0.2) is 66.2 Å². The molecule has 0 atom stereocenters. The summed E-state index contributed by atoms with van der Waals surface area (Å²) in [4.78, 5) is 10.4. The molecule has 7 heteroatoms. The maximum Gasteiger partial charge on any atom is 0.193 e. The van der Waals surface area contributed by atoms with Crippen LogP contribution in [0.3, 0.4) is 0 Å². The average molecular weight is 357 g/mol. The molecule has 0 spiro atoms. The summed E-state index contributed by atoms with van der Waals surface area (Å²) < 4.78 is 0.858. The number of rotatable bonds is 4. The van der Waals surface area contributed by atoms with E-state index in [9.17, 15) is 5.11 Å². The molecule has 2 aliphatic rings. The van der Waals surface area contributed by atoms with Gasteiger partial charge in [0.15, 0.2) is 5.96 Å². The van der Waals surface area contributed by atoms with Crippen LogP contribution in [0.15, 0.2) is 17.1 Å². The van der Waals surface area contributed by atoms with E-state index in [2.05, 4.69) is 26.2 Å². The van der Waals surface area contributed by atoms with Gasteiger partial charge in [-0.05, 0) is 31.4 Å². The first kappa shape index (κ1) is 17.0. The molecule has 0 bridgehead atoms. The van der Waals surface area contributed by atoms with E-state index in [1.807, 2.05) is 13.1 Å². The van der Waals surface area contributed by atoms with Gasteiger partial charge in [0.05, 0.1) is 9.94 Å². The third kappa shape index (κ3) is 4.38. The minimum absolute atomic E-state index is 0.518. The number of piperazine rings is 1. The van der Waals surface area contributed by atoms with Crippen LogP contribution >= 0.6 is 22.9 Å². The quantitative estimate of drug-likeness (QED) is 0.640. The van der Waals surface area contributed by atoms with Gasteiger partial charge in [-0.15, -0.1) is 11.3 Å². The lowest BCUT2D eigenvalue weighted by Gasteiger charge is -2.40. The van der Waals surface area contributed by atoms with Crippen LogP contribution in [0, 0.1) is 0 Å². The lowest BCUT2D eigenvalue weighted by atomic mass is 9.80. The Morgan fingerprint density at radius 1 is 1.35 bits per heavy atom. The Kier molecular flexibility index (Phi) is 5.46. The number of guanidine groups is 1. The predicted molar refractivity (Wildman–Crippen MR) is 96.3 cm³/mol. The van der Waals surface area contributed by atoms with E-state index in [-0.39, 0.29) is 0 Å². The Bertz CT molecular complexity index is 550. The Morgan fingerprint density at radius 3 is 2.61 bits per heavy atom. The van der Waals surface area contributed by atoms with E-state index in [4.69, 9.17) is 11.6 Å². The molecular weight excluding hydrogens is 332 g/mol. The number of thiophene rings is 1. The van der Waals surface area contributed by atoms with Crippen LogP contribution in [0.4, 0.5) is 0 Å². The number of nitrogens with zero attached hydrogens (tertiary/aromatic N) is 3. The summed E-state index contributed by atoms with van der Waals surface area (Å²) >= 11 is 7.66. The van der Waals surface area contributed by atoms with Crippen LogP contribution in [0.5, 0.6) is 0 Å². The third-order valence-corrected chi connectivity index (χ3v) is 5.97. The second-order valence-electron chi connectivity index (χ2n) is 6.45. The molecule has 2 heterocycles. The fraction of sp³-hybridized carbons (Fsp3) is 0.688. The minimum atomic E-state index is -0.518. The monoisotopic (exact) mass is 356 g/mol. The number of nitrogens with one attached hydrogen (secondary N) is 1. The standard InChI is InChI=1S/C16H25ClN4OS/c1-18-15(19-12-16(22)5-2-6-16)21-9-7-20(8-10-21)11-13-3-4-14(17)23-13/h3-4,22H,2,5-12H2,1H3,(H,18,19). The number of aliphatic hydroxyl groups is 1. The molecule has 5 nitrogen and oxygen atoms in total. The van der Waals surface area contributed by atoms with Crippen LogP contribution in [0.25, 0.3) is 0 Å². The molecule has 1 aliphatic carbocycles. The number of hydrogen-bond acceptors (Lipinski definition) is 4. The lowest BCUT2D eigenvalue weighted by molar-refractivity contribution is -0.0284. The first-order chi connectivity index (χ1) is 11.1. The summed E-state index contributed by atoms with van der Waals surface area (Å²) in [5, 5.41) is 13.5. The largest absolute Gasteiger partial charge is 0.388 e. The molecule has 1 aromatic rings. The van der Waals surface area contributed by atoms with Gasteiger partial charge in [-0.1, -0.05) is 11.6 Å². The molecule has 0 unspecified atom stereocenters. The summed E-state index contributed by atoms with van der Waals surface area (Å²) in [7, 11) is 1.81. The van der Waals surface area contributed by atoms with Crippen LogP contribution in [0.2, 0.25) is 4.34 Å². The maximum atomic E-state index is 10.2. The second kappa shape index (κ2) is 7.38. The molecule has 2 N–H and O–H groups in total. The van der Waals surface area contributed by atoms with Gasteiger partial charge >= 0.3 is 0 Å². The first-order valence-electron chi connectivity index (χ1n) is 8.22. The Labute approximate surface area is 147 Å². The minimum Gasteiger partial charge on any atom is -0.388 e. The first-order valence-corrected chi connectivity index (χ1v) is 9.42. The van der Waals surface area contributed by atoms with E-state index in [0.717, 1.165) is 62.3 Å². The average Bonchev–Trinajstić information content (AvgIpc) is 2.92. The molecule has 1 saturated carbocycles. The Balaban J connectivity index is 1.45. The normalized spacial score (nSPS) is 22.0. The SMILES string of the molecule is CN=C(NCC1(O)CCC1)N1CCN(Cc2ccc(Cl)s2)CC1. The summed E-state index contributed by atoms with van der Waals surface area (Å²) in [5.41, 5.74) is -0.518. The molecule has 0 aromatic carbocycles. The van der Waals surface area contributed by atoms with Gasteiger partial charge in [0.25, 0.3) is 0 Å². The predicted octanol–water partition coefficient (Wildman–Crippen LogP) is 2.01. The van der Waals surface area contributed by atoms with E-state index in [1.54, 1.807) is 11.3 Å². The van der Waals surface area contributed by atoms with Gasteiger partial charge in [-0.3, -0.25) is 9.89 Å².